The maximum atomic E-state index is 5.88. The molecule has 0 fully saturated rings. The van der Waals surface area contributed by atoms with E-state index in [2.05, 4.69) is 89.9 Å². The van der Waals surface area contributed by atoms with Crippen LogP contribution in [0.15, 0.2) is 23.2 Å². The van der Waals surface area contributed by atoms with E-state index in [4.69, 9.17) is 4.74 Å². The highest BCUT2D eigenvalue weighted by molar-refractivity contribution is 14.1. The van der Waals surface area contributed by atoms with Gasteiger partial charge in [-0.2, -0.15) is 0 Å². The Balaban J connectivity index is 2.06. The molecule has 3 heterocycles. The third-order valence-corrected chi connectivity index (χ3v) is 6.08. The summed E-state index contributed by atoms with van der Waals surface area (Å²) in [5, 5.41) is 0. The molecular weight excluding hydrogens is 573 g/mol. The van der Waals surface area contributed by atoms with Gasteiger partial charge < -0.3 is 9.64 Å². The Morgan fingerprint density at radius 2 is 1.78 bits per heavy atom. The minimum absolute atomic E-state index is 0.757. The number of ether oxygens (including phenoxy) is 1. The zero-order valence-corrected chi connectivity index (χ0v) is 16.3. The Morgan fingerprint density at radius 1 is 1.06 bits per heavy atom. The van der Waals surface area contributed by atoms with E-state index in [-0.39, 0.29) is 0 Å². The average molecular weight is 586 g/mol. The molecule has 0 bridgehead atoms. The van der Waals surface area contributed by atoms with Gasteiger partial charge in [-0.1, -0.05) is 0 Å². The number of rotatable bonds is 0. The first-order valence-corrected chi connectivity index (χ1v) is 8.67. The van der Waals surface area contributed by atoms with E-state index >= 15 is 0 Å². The molecule has 0 aromatic heterocycles. The van der Waals surface area contributed by atoms with Crippen LogP contribution in [0.5, 0.6) is 0 Å². The van der Waals surface area contributed by atoms with E-state index in [0.29, 0.717) is 0 Å². The van der Waals surface area contributed by atoms with Crippen LogP contribution in [0, 0.1) is 0 Å². The zero-order valence-electron chi connectivity index (χ0n) is 9.87. The molecule has 18 heavy (non-hydrogen) atoms. The van der Waals surface area contributed by atoms with Crippen molar-refractivity contribution in [3.8, 4) is 0 Å². The van der Waals surface area contributed by atoms with Gasteiger partial charge in [0.15, 0.2) is 5.82 Å². The Labute approximate surface area is 149 Å². The van der Waals surface area contributed by atoms with E-state index < -0.39 is 0 Å². The van der Waals surface area contributed by atoms with Crippen molar-refractivity contribution in [1.82, 2.24) is 14.2 Å². The highest BCUT2D eigenvalue weighted by Gasteiger charge is 2.39. The lowest BCUT2D eigenvalue weighted by Crippen LogP contribution is -2.45. The molecule has 0 N–H and O–H groups in total. The van der Waals surface area contributed by atoms with Crippen molar-refractivity contribution in [2.75, 3.05) is 26.7 Å². The minimum Gasteiger partial charge on any atom is -0.474 e. The zero-order chi connectivity index (χ0) is 12.9. The maximum absolute atomic E-state index is 5.88. The molecule has 5 nitrogen and oxygen atoms in total. The molecule has 0 saturated carbocycles. The number of halogens is 3. The van der Waals surface area contributed by atoms with Crippen molar-refractivity contribution in [2.24, 2.45) is 0 Å². The fourth-order valence-electron chi connectivity index (χ4n) is 2.41. The summed E-state index contributed by atoms with van der Waals surface area (Å²) in [4.78, 5) is 2.22. The summed E-state index contributed by atoms with van der Waals surface area (Å²) in [5.74, 6) is 3.42. The number of allylic oxidation sites excluding steroid dienone is 1. The minimum atomic E-state index is 0.757. The molecule has 3 aliphatic heterocycles. The number of nitrogens with zero attached hydrogens (tertiary/aromatic N) is 4. The number of hydrogen-bond donors (Lipinski definition) is 0. The van der Waals surface area contributed by atoms with Crippen LogP contribution in [-0.4, -0.2) is 41.0 Å². The van der Waals surface area contributed by atoms with Crippen LogP contribution in [0.2, 0.25) is 0 Å². The Hall–Kier alpha value is 0.670. The number of hydrogen-bond acceptors (Lipinski definition) is 5. The van der Waals surface area contributed by atoms with Gasteiger partial charge in [-0.25, -0.2) is 3.11 Å². The van der Waals surface area contributed by atoms with Gasteiger partial charge in [-0.15, -0.1) is 0 Å². The van der Waals surface area contributed by atoms with E-state index in [1.165, 1.54) is 17.9 Å². The van der Waals surface area contributed by atoms with E-state index in [1.807, 2.05) is 0 Å². The van der Waals surface area contributed by atoms with Crippen LogP contribution < -0.4 is 0 Å². The second kappa shape index (κ2) is 5.22. The smallest absolute Gasteiger partial charge is 0.237 e. The summed E-state index contributed by atoms with van der Waals surface area (Å²) in [6.07, 6.45) is 2.32. The Bertz CT molecular complexity index is 401. The van der Waals surface area contributed by atoms with Gasteiger partial charge in [0, 0.05) is 13.6 Å². The molecule has 3 rings (SSSR count). The van der Waals surface area contributed by atoms with Crippen LogP contribution >= 0.6 is 68.6 Å². The second-order valence-corrected chi connectivity index (χ2v) is 7.66. The summed E-state index contributed by atoms with van der Waals surface area (Å²) in [6.45, 7) is 2.79. The molecule has 3 aliphatic rings. The van der Waals surface area contributed by atoms with E-state index in [9.17, 15) is 0 Å². The highest BCUT2D eigenvalue weighted by atomic mass is 127. The van der Waals surface area contributed by atoms with E-state index in [1.54, 1.807) is 0 Å². The SMILES string of the molecule is CN1C2=C(N(I)CCC2)N(I)C2=C1OCCN2I. The van der Waals surface area contributed by atoms with E-state index in [0.717, 1.165) is 37.8 Å². The Morgan fingerprint density at radius 3 is 2.56 bits per heavy atom. The molecule has 0 aliphatic carbocycles. The quantitative estimate of drug-likeness (QED) is 0.321. The summed E-state index contributed by atoms with van der Waals surface area (Å²) in [5.41, 5.74) is 1.36. The highest BCUT2D eigenvalue weighted by Crippen LogP contribution is 2.43. The third kappa shape index (κ3) is 2.05. The predicted octanol–water partition coefficient (Wildman–Crippen LogP) is 3.01. The van der Waals surface area contributed by atoms with Gasteiger partial charge in [0.05, 0.1) is 80.8 Å². The van der Waals surface area contributed by atoms with Gasteiger partial charge in [-0.05, 0) is 12.8 Å². The lowest BCUT2D eigenvalue weighted by Gasteiger charge is -2.45. The van der Waals surface area contributed by atoms with Crippen molar-refractivity contribution in [1.29, 1.82) is 0 Å². The molecule has 0 radical (unpaired) electrons. The van der Waals surface area contributed by atoms with Crippen molar-refractivity contribution >= 4 is 68.6 Å². The van der Waals surface area contributed by atoms with Crippen molar-refractivity contribution in [3.63, 3.8) is 0 Å². The second-order valence-electron chi connectivity index (χ2n) is 4.36. The largest absolute Gasteiger partial charge is 0.474 e. The topological polar surface area (TPSA) is 22.2 Å². The molecular formula is C10H13I3N4O. The molecule has 0 amide bonds. The molecule has 0 aromatic carbocycles. The van der Waals surface area contributed by atoms with Crippen molar-refractivity contribution < 1.29 is 4.74 Å². The molecule has 0 unspecified atom stereocenters. The fourth-order valence-corrected chi connectivity index (χ4v) is 5.70. The van der Waals surface area contributed by atoms with Crippen molar-refractivity contribution in [3.05, 3.63) is 23.2 Å². The lowest BCUT2D eigenvalue weighted by molar-refractivity contribution is 0.0836. The molecule has 8 heteroatoms. The molecule has 0 spiro atoms. The monoisotopic (exact) mass is 586 g/mol. The first-order valence-electron chi connectivity index (χ1n) is 5.77. The first-order chi connectivity index (χ1) is 8.61. The normalized spacial score (nSPS) is 24.2. The van der Waals surface area contributed by atoms with Gasteiger partial charge in [-0.3, -0.25) is 6.23 Å². The van der Waals surface area contributed by atoms with Gasteiger partial charge in [0.25, 0.3) is 0 Å². The van der Waals surface area contributed by atoms with Crippen LogP contribution in [0.3, 0.4) is 0 Å². The van der Waals surface area contributed by atoms with Crippen molar-refractivity contribution in [2.45, 2.75) is 12.8 Å². The average Bonchev–Trinajstić information content (AvgIpc) is 2.35. The fraction of sp³-hybridized carbons (Fsp3) is 0.600. The Kier molecular flexibility index (Phi) is 3.96. The van der Waals surface area contributed by atoms with Gasteiger partial charge in [0.2, 0.25) is 5.88 Å². The van der Waals surface area contributed by atoms with Crippen LogP contribution in [-0.2, 0) is 4.74 Å². The summed E-state index contributed by atoms with van der Waals surface area (Å²) in [7, 11) is 2.11. The maximum Gasteiger partial charge on any atom is 0.237 e. The molecule has 0 atom stereocenters. The molecule has 100 valence electrons. The predicted molar refractivity (Wildman–Crippen MR) is 94.3 cm³/mol. The first kappa shape index (κ1) is 13.6. The molecule has 0 aromatic rings. The summed E-state index contributed by atoms with van der Waals surface area (Å²) < 4.78 is 12.7. The summed E-state index contributed by atoms with van der Waals surface area (Å²) in [6, 6.07) is 0. The van der Waals surface area contributed by atoms with Crippen LogP contribution in [0.4, 0.5) is 0 Å². The lowest BCUT2D eigenvalue weighted by atomic mass is 10.1. The van der Waals surface area contributed by atoms with Crippen LogP contribution in [0.25, 0.3) is 0 Å². The van der Waals surface area contributed by atoms with Gasteiger partial charge >= 0.3 is 0 Å². The standard InChI is InChI=1S/C10H13I3N4O/c1-14-7-3-2-4-15(11)8(7)17(13)9-10(14)18-6-5-16(9)12/h2-6H2,1H3. The molecule has 0 saturated heterocycles. The van der Waals surface area contributed by atoms with Gasteiger partial charge in [0.1, 0.15) is 12.4 Å². The van der Waals surface area contributed by atoms with Crippen LogP contribution in [0.1, 0.15) is 12.8 Å². The third-order valence-electron chi connectivity index (χ3n) is 3.28. The summed E-state index contributed by atoms with van der Waals surface area (Å²) >= 11 is 7.16.